The van der Waals surface area contributed by atoms with E-state index < -0.39 is 23.7 Å². The minimum atomic E-state index is -1.02. The summed E-state index contributed by atoms with van der Waals surface area (Å²) in [5.41, 5.74) is 0.225. The highest BCUT2D eigenvalue weighted by molar-refractivity contribution is 5.82. The third-order valence-corrected chi connectivity index (χ3v) is 3.82. The van der Waals surface area contributed by atoms with Gasteiger partial charge in [0, 0.05) is 12.5 Å². The average Bonchev–Trinajstić information content (AvgIpc) is 2.90. The van der Waals surface area contributed by atoms with Crippen LogP contribution >= 0.6 is 0 Å². The molecular formula is C17H23NO5. The van der Waals surface area contributed by atoms with Crippen molar-refractivity contribution in [3.63, 3.8) is 0 Å². The summed E-state index contributed by atoms with van der Waals surface area (Å²) in [5.74, 6) is -0.567. The molecule has 1 aliphatic rings. The van der Waals surface area contributed by atoms with Crippen molar-refractivity contribution in [2.75, 3.05) is 13.7 Å². The molecule has 0 unspecified atom stereocenters. The van der Waals surface area contributed by atoms with Gasteiger partial charge in [0.25, 0.3) is 0 Å². The number of hydrogen-bond acceptors (Lipinski definition) is 4. The summed E-state index contributed by atoms with van der Waals surface area (Å²) in [6.07, 6.45) is 0.00336. The van der Waals surface area contributed by atoms with E-state index in [1.54, 1.807) is 40.0 Å². The standard InChI is InChI=1S/C17H23NO5/c1-17(2,3)23-16(21)18-10-9-13(14(18)15(19)20)11-5-7-12(22-4)8-6-11/h5-8,13-14H,9-10H2,1-4H3,(H,19,20)/t13-,14-/m0/s1. The predicted octanol–water partition coefficient (Wildman–Crippen LogP) is 2.87. The number of hydrogen-bond donors (Lipinski definition) is 1. The van der Waals surface area contributed by atoms with Crippen molar-refractivity contribution in [1.82, 2.24) is 4.90 Å². The fraction of sp³-hybridized carbons (Fsp3) is 0.529. The Morgan fingerprint density at radius 3 is 2.30 bits per heavy atom. The first-order chi connectivity index (χ1) is 10.7. The molecule has 1 saturated heterocycles. The fourth-order valence-corrected chi connectivity index (χ4v) is 2.82. The van der Waals surface area contributed by atoms with Crippen LogP contribution in [0.15, 0.2) is 24.3 Å². The van der Waals surface area contributed by atoms with Gasteiger partial charge < -0.3 is 14.6 Å². The topological polar surface area (TPSA) is 76.1 Å². The Morgan fingerprint density at radius 1 is 1.22 bits per heavy atom. The number of carboxylic acid groups (broad SMARTS) is 1. The van der Waals surface area contributed by atoms with Crippen molar-refractivity contribution in [3.8, 4) is 5.75 Å². The van der Waals surface area contributed by atoms with Gasteiger partial charge >= 0.3 is 12.1 Å². The van der Waals surface area contributed by atoms with Gasteiger partial charge in [-0.3, -0.25) is 4.90 Å². The molecule has 1 fully saturated rings. The van der Waals surface area contributed by atoms with Crippen LogP contribution in [0.5, 0.6) is 5.75 Å². The van der Waals surface area contributed by atoms with E-state index in [4.69, 9.17) is 9.47 Å². The van der Waals surface area contributed by atoms with E-state index in [0.717, 1.165) is 5.56 Å². The Morgan fingerprint density at radius 2 is 1.83 bits per heavy atom. The van der Waals surface area contributed by atoms with Gasteiger partial charge in [-0.15, -0.1) is 0 Å². The van der Waals surface area contributed by atoms with Crippen LogP contribution in [0.25, 0.3) is 0 Å². The summed E-state index contributed by atoms with van der Waals surface area (Å²) in [7, 11) is 1.58. The molecule has 0 radical (unpaired) electrons. The average molecular weight is 321 g/mol. The summed E-state index contributed by atoms with van der Waals surface area (Å²) in [4.78, 5) is 25.3. The minimum absolute atomic E-state index is 0.258. The number of benzene rings is 1. The quantitative estimate of drug-likeness (QED) is 0.926. The van der Waals surface area contributed by atoms with Crippen LogP contribution in [0.4, 0.5) is 4.79 Å². The van der Waals surface area contributed by atoms with Gasteiger partial charge in [-0.1, -0.05) is 12.1 Å². The SMILES string of the molecule is COc1ccc([C@@H]2CCN(C(=O)OC(C)(C)C)[C@@H]2C(=O)O)cc1. The van der Waals surface area contributed by atoms with Crippen molar-refractivity contribution < 1.29 is 24.2 Å². The van der Waals surface area contributed by atoms with Crippen LogP contribution in [0.2, 0.25) is 0 Å². The summed E-state index contributed by atoms with van der Waals surface area (Å²) in [6.45, 7) is 5.65. The maximum absolute atomic E-state index is 12.3. The molecule has 1 N–H and O–H groups in total. The molecule has 1 aromatic carbocycles. The number of likely N-dealkylation sites (tertiary alicyclic amines) is 1. The maximum Gasteiger partial charge on any atom is 0.411 e. The first-order valence-electron chi connectivity index (χ1n) is 7.59. The molecule has 1 amide bonds. The molecule has 0 spiro atoms. The van der Waals surface area contributed by atoms with Gasteiger partial charge in [0.15, 0.2) is 0 Å². The molecule has 0 aromatic heterocycles. The number of carboxylic acids is 1. The number of carbonyl (C=O) groups excluding carboxylic acids is 1. The van der Waals surface area contributed by atoms with Crippen molar-refractivity contribution in [1.29, 1.82) is 0 Å². The zero-order valence-electron chi connectivity index (χ0n) is 13.9. The molecule has 2 rings (SSSR count). The van der Waals surface area contributed by atoms with Crippen LogP contribution in [-0.2, 0) is 9.53 Å². The van der Waals surface area contributed by atoms with E-state index in [9.17, 15) is 14.7 Å². The fourth-order valence-electron chi connectivity index (χ4n) is 2.82. The third kappa shape index (κ3) is 3.94. The predicted molar refractivity (Wildman–Crippen MR) is 84.7 cm³/mol. The first-order valence-corrected chi connectivity index (χ1v) is 7.59. The molecule has 0 saturated carbocycles. The molecule has 23 heavy (non-hydrogen) atoms. The largest absolute Gasteiger partial charge is 0.497 e. The lowest BCUT2D eigenvalue weighted by molar-refractivity contribution is -0.142. The number of methoxy groups -OCH3 is 1. The smallest absolute Gasteiger partial charge is 0.411 e. The van der Waals surface area contributed by atoms with E-state index in [-0.39, 0.29) is 5.92 Å². The number of amides is 1. The normalized spacial score (nSPS) is 21.1. The second-order valence-electron chi connectivity index (χ2n) is 6.63. The number of rotatable bonds is 3. The molecule has 0 aliphatic carbocycles. The Kier molecular flexibility index (Phi) is 4.82. The Hall–Kier alpha value is -2.24. The van der Waals surface area contributed by atoms with Crippen LogP contribution in [0.3, 0.4) is 0 Å². The second kappa shape index (κ2) is 6.48. The monoisotopic (exact) mass is 321 g/mol. The van der Waals surface area contributed by atoms with Crippen molar-refractivity contribution in [2.45, 2.75) is 44.8 Å². The van der Waals surface area contributed by atoms with Crippen LogP contribution in [0.1, 0.15) is 38.7 Å². The molecular weight excluding hydrogens is 298 g/mol. The molecule has 1 aliphatic heterocycles. The van der Waals surface area contributed by atoms with E-state index >= 15 is 0 Å². The Labute approximate surface area is 136 Å². The molecule has 6 heteroatoms. The van der Waals surface area contributed by atoms with Gasteiger partial charge in [-0.05, 0) is 44.9 Å². The van der Waals surface area contributed by atoms with Gasteiger partial charge in [-0.2, -0.15) is 0 Å². The first kappa shape index (κ1) is 17.1. The Balaban J connectivity index is 2.22. The van der Waals surface area contributed by atoms with Crippen LogP contribution in [0, 0.1) is 0 Å². The number of nitrogens with zero attached hydrogens (tertiary/aromatic N) is 1. The highest BCUT2D eigenvalue weighted by Gasteiger charge is 2.44. The summed E-state index contributed by atoms with van der Waals surface area (Å²) >= 11 is 0. The molecule has 126 valence electrons. The second-order valence-corrected chi connectivity index (χ2v) is 6.63. The molecule has 0 bridgehead atoms. The van der Waals surface area contributed by atoms with E-state index in [1.165, 1.54) is 4.90 Å². The minimum Gasteiger partial charge on any atom is -0.497 e. The zero-order chi connectivity index (χ0) is 17.2. The lowest BCUT2D eigenvalue weighted by Gasteiger charge is -2.28. The Bertz CT molecular complexity index is 576. The lowest BCUT2D eigenvalue weighted by atomic mass is 9.92. The van der Waals surface area contributed by atoms with Crippen LogP contribution in [-0.4, -0.2) is 47.4 Å². The van der Waals surface area contributed by atoms with Gasteiger partial charge in [-0.25, -0.2) is 9.59 Å². The highest BCUT2D eigenvalue weighted by atomic mass is 16.6. The van der Waals surface area contributed by atoms with E-state index in [1.807, 2.05) is 12.1 Å². The van der Waals surface area contributed by atoms with E-state index in [2.05, 4.69) is 0 Å². The van der Waals surface area contributed by atoms with Crippen LogP contribution < -0.4 is 4.74 Å². The summed E-state index contributed by atoms with van der Waals surface area (Å²) < 4.78 is 10.4. The number of ether oxygens (including phenoxy) is 2. The maximum atomic E-state index is 12.3. The van der Waals surface area contributed by atoms with Gasteiger partial charge in [0.2, 0.25) is 0 Å². The van der Waals surface area contributed by atoms with Crippen molar-refractivity contribution in [2.24, 2.45) is 0 Å². The number of aliphatic carboxylic acids is 1. The van der Waals surface area contributed by atoms with Gasteiger partial charge in [0.05, 0.1) is 7.11 Å². The van der Waals surface area contributed by atoms with Crippen molar-refractivity contribution >= 4 is 12.1 Å². The van der Waals surface area contributed by atoms with Gasteiger partial charge in [0.1, 0.15) is 17.4 Å². The highest BCUT2D eigenvalue weighted by Crippen LogP contribution is 2.35. The number of carbonyl (C=O) groups is 2. The molecule has 1 aromatic rings. The summed E-state index contributed by atoms with van der Waals surface area (Å²) in [6, 6.07) is 6.36. The van der Waals surface area contributed by atoms with E-state index in [0.29, 0.717) is 18.7 Å². The summed E-state index contributed by atoms with van der Waals surface area (Å²) in [5, 5.41) is 9.59. The third-order valence-electron chi connectivity index (χ3n) is 3.82. The van der Waals surface area contributed by atoms with Crippen molar-refractivity contribution in [3.05, 3.63) is 29.8 Å². The zero-order valence-corrected chi connectivity index (χ0v) is 13.9. The molecule has 2 atom stereocenters. The molecule has 1 heterocycles. The molecule has 6 nitrogen and oxygen atoms in total. The lowest BCUT2D eigenvalue weighted by Crippen LogP contribution is -2.45.